The van der Waals surface area contributed by atoms with Gasteiger partial charge in [0.05, 0.1) is 0 Å². The Morgan fingerprint density at radius 3 is 2.42 bits per heavy atom. The van der Waals surface area contributed by atoms with Gasteiger partial charge in [0.25, 0.3) is 0 Å². The summed E-state index contributed by atoms with van der Waals surface area (Å²) < 4.78 is 0. The predicted molar refractivity (Wildman–Crippen MR) is 83.1 cm³/mol. The molecule has 100 valence electrons. The molecule has 1 N–H and O–H groups in total. The fraction of sp³-hybridized carbons (Fsp3) is 0.250. The smallest absolute Gasteiger partial charge is 0.0438 e. The van der Waals surface area contributed by atoms with Crippen molar-refractivity contribution < 1.29 is 0 Å². The Morgan fingerprint density at radius 1 is 1.05 bits per heavy atom. The third-order valence-corrected chi connectivity index (χ3v) is 4.10. The van der Waals surface area contributed by atoms with Gasteiger partial charge in [-0.05, 0) is 49.2 Å². The van der Waals surface area contributed by atoms with Crippen molar-refractivity contribution in [2.45, 2.75) is 19.4 Å². The highest BCUT2D eigenvalue weighted by Gasteiger charge is 2.12. The fourth-order valence-electron chi connectivity index (χ4n) is 2.10. The monoisotopic (exact) mass is 293 g/mol. The normalized spacial score (nSPS) is 12.4. The standard InChI is InChI=1S/C16H17Cl2N/c1-11-7-8-13(9-15(11)18)16(19-2)10-12-5-3-4-6-14(12)17/h3-9,16,19H,10H2,1-2H3. The summed E-state index contributed by atoms with van der Waals surface area (Å²) in [5, 5.41) is 4.93. The lowest BCUT2D eigenvalue weighted by Gasteiger charge is -2.18. The van der Waals surface area contributed by atoms with Crippen LogP contribution in [-0.2, 0) is 6.42 Å². The molecular formula is C16H17Cl2N. The van der Waals surface area contributed by atoms with Gasteiger partial charge < -0.3 is 5.32 Å². The molecule has 0 aliphatic heterocycles. The highest BCUT2D eigenvalue weighted by Crippen LogP contribution is 2.26. The zero-order chi connectivity index (χ0) is 13.8. The Hall–Kier alpha value is -1.02. The van der Waals surface area contributed by atoms with Crippen LogP contribution in [0.5, 0.6) is 0 Å². The van der Waals surface area contributed by atoms with Crippen LogP contribution in [0, 0.1) is 6.92 Å². The van der Waals surface area contributed by atoms with Crippen LogP contribution in [0.1, 0.15) is 22.7 Å². The zero-order valence-corrected chi connectivity index (χ0v) is 12.6. The second kappa shape index (κ2) is 6.42. The van der Waals surface area contributed by atoms with Crippen molar-refractivity contribution in [2.75, 3.05) is 7.05 Å². The molecule has 19 heavy (non-hydrogen) atoms. The van der Waals surface area contributed by atoms with E-state index in [2.05, 4.69) is 23.5 Å². The summed E-state index contributed by atoms with van der Waals surface area (Å²) in [6.07, 6.45) is 0.843. The summed E-state index contributed by atoms with van der Waals surface area (Å²) in [4.78, 5) is 0. The Balaban J connectivity index is 2.25. The molecular weight excluding hydrogens is 277 g/mol. The highest BCUT2D eigenvalue weighted by atomic mass is 35.5. The van der Waals surface area contributed by atoms with Crippen LogP contribution < -0.4 is 5.32 Å². The van der Waals surface area contributed by atoms with Crippen LogP contribution in [0.4, 0.5) is 0 Å². The van der Waals surface area contributed by atoms with Crippen LogP contribution in [-0.4, -0.2) is 7.05 Å². The lowest BCUT2D eigenvalue weighted by molar-refractivity contribution is 0.592. The number of halogens is 2. The first-order valence-electron chi connectivity index (χ1n) is 6.28. The van der Waals surface area contributed by atoms with E-state index >= 15 is 0 Å². The fourth-order valence-corrected chi connectivity index (χ4v) is 2.50. The number of benzene rings is 2. The van der Waals surface area contributed by atoms with E-state index in [-0.39, 0.29) is 6.04 Å². The Bertz CT molecular complexity index is 566. The summed E-state index contributed by atoms with van der Waals surface area (Å²) in [6.45, 7) is 2.01. The molecule has 2 rings (SSSR count). The van der Waals surface area contributed by atoms with Crippen LogP contribution >= 0.6 is 23.2 Å². The molecule has 0 aliphatic rings. The van der Waals surface area contributed by atoms with Gasteiger partial charge in [-0.2, -0.15) is 0 Å². The van der Waals surface area contributed by atoms with Crippen molar-refractivity contribution in [3.63, 3.8) is 0 Å². The van der Waals surface area contributed by atoms with Gasteiger partial charge in [0.2, 0.25) is 0 Å². The van der Waals surface area contributed by atoms with Gasteiger partial charge in [-0.25, -0.2) is 0 Å². The van der Waals surface area contributed by atoms with Gasteiger partial charge in [-0.1, -0.05) is 53.5 Å². The summed E-state index contributed by atoms with van der Waals surface area (Å²) in [5.41, 5.74) is 3.41. The first-order chi connectivity index (χ1) is 9.11. The second-order valence-electron chi connectivity index (χ2n) is 4.65. The first-order valence-corrected chi connectivity index (χ1v) is 7.04. The average Bonchev–Trinajstić information content (AvgIpc) is 2.41. The minimum absolute atomic E-state index is 0.206. The molecule has 2 aromatic carbocycles. The second-order valence-corrected chi connectivity index (χ2v) is 5.46. The molecule has 0 radical (unpaired) electrons. The van der Waals surface area contributed by atoms with Crippen LogP contribution in [0.3, 0.4) is 0 Å². The van der Waals surface area contributed by atoms with E-state index in [4.69, 9.17) is 23.2 Å². The highest BCUT2D eigenvalue weighted by molar-refractivity contribution is 6.31. The maximum atomic E-state index is 6.22. The van der Waals surface area contributed by atoms with Gasteiger partial charge in [-0.15, -0.1) is 0 Å². The van der Waals surface area contributed by atoms with Gasteiger partial charge >= 0.3 is 0 Å². The number of nitrogens with one attached hydrogen (secondary N) is 1. The maximum absolute atomic E-state index is 6.22. The number of rotatable bonds is 4. The van der Waals surface area contributed by atoms with Crippen molar-refractivity contribution in [2.24, 2.45) is 0 Å². The molecule has 2 aromatic rings. The molecule has 3 heteroatoms. The van der Waals surface area contributed by atoms with Crippen LogP contribution in [0.2, 0.25) is 10.0 Å². The number of likely N-dealkylation sites (N-methyl/N-ethyl adjacent to an activating group) is 1. The molecule has 0 amide bonds. The van der Waals surface area contributed by atoms with Crippen molar-refractivity contribution >= 4 is 23.2 Å². The molecule has 0 spiro atoms. The third kappa shape index (κ3) is 3.50. The molecule has 0 saturated heterocycles. The molecule has 0 aromatic heterocycles. The van der Waals surface area contributed by atoms with E-state index in [9.17, 15) is 0 Å². The predicted octanol–water partition coefficient (Wildman–Crippen LogP) is 4.81. The topological polar surface area (TPSA) is 12.0 Å². The van der Waals surface area contributed by atoms with Gasteiger partial charge in [0, 0.05) is 16.1 Å². The van der Waals surface area contributed by atoms with Crippen LogP contribution in [0.25, 0.3) is 0 Å². The van der Waals surface area contributed by atoms with Crippen molar-refractivity contribution in [3.8, 4) is 0 Å². The van der Waals surface area contributed by atoms with Crippen LogP contribution in [0.15, 0.2) is 42.5 Å². The zero-order valence-electron chi connectivity index (χ0n) is 11.1. The summed E-state index contributed by atoms with van der Waals surface area (Å²) in [6, 6.07) is 14.3. The molecule has 1 atom stereocenters. The minimum atomic E-state index is 0.206. The average molecular weight is 294 g/mol. The maximum Gasteiger partial charge on any atom is 0.0438 e. The molecule has 1 nitrogen and oxygen atoms in total. The van der Waals surface area contributed by atoms with Crippen molar-refractivity contribution in [1.82, 2.24) is 5.32 Å². The summed E-state index contributed by atoms with van der Waals surface area (Å²) in [5.74, 6) is 0. The van der Waals surface area contributed by atoms with E-state index in [0.717, 1.165) is 27.6 Å². The van der Waals surface area contributed by atoms with E-state index in [1.807, 2.05) is 38.2 Å². The summed E-state index contributed by atoms with van der Waals surface area (Å²) >= 11 is 12.4. The molecule has 0 aliphatic carbocycles. The Labute approximate surface area is 124 Å². The Morgan fingerprint density at radius 2 is 1.79 bits per heavy atom. The molecule has 0 heterocycles. The minimum Gasteiger partial charge on any atom is -0.313 e. The van der Waals surface area contributed by atoms with E-state index in [1.165, 1.54) is 5.56 Å². The molecule has 1 unspecified atom stereocenters. The lowest BCUT2D eigenvalue weighted by atomic mass is 9.98. The third-order valence-electron chi connectivity index (χ3n) is 3.33. The van der Waals surface area contributed by atoms with Crippen molar-refractivity contribution in [1.29, 1.82) is 0 Å². The largest absolute Gasteiger partial charge is 0.313 e. The first kappa shape index (κ1) is 14.4. The quantitative estimate of drug-likeness (QED) is 0.853. The Kier molecular flexibility index (Phi) is 4.87. The van der Waals surface area contributed by atoms with Crippen molar-refractivity contribution in [3.05, 3.63) is 69.2 Å². The number of aryl methyl sites for hydroxylation is 1. The molecule has 0 bridgehead atoms. The lowest BCUT2D eigenvalue weighted by Crippen LogP contribution is -2.19. The van der Waals surface area contributed by atoms with E-state index < -0.39 is 0 Å². The summed E-state index contributed by atoms with van der Waals surface area (Å²) in [7, 11) is 1.95. The molecule has 0 saturated carbocycles. The molecule has 0 fully saturated rings. The van der Waals surface area contributed by atoms with Gasteiger partial charge in [0.15, 0.2) is 0 Å². The number of hydrogen-bond donors (Lipinski definition) is 1. The van der Waals surface area contributed by atoms with Gasteiger partial charge in [-0.3, -0.25) is 0 Å². The van der Waals surface area contributed by atoms with E-state index in [0.29, 0.717) is 0 Å². The van der Waals surface area contributed by atoms with E-state index in [1.54, 1.807) is 0 Å². The number of hydrogen-bond acceptors (Lipinski definition) is 1. The van der Waals surface area contributed by atoms with Gasteiger partial charge in [0.1, 0.15) is 0 Å². The SMILES string of the molecule is CNC(Cc1ccccc1Cl)c1ccc(C)c(Cl)c1.